The van der Waals surface area contributed by atoms with Gasteiger partial charge in [0, 0.05) is 6.07 Å². The van der Waals surface area contributed by atoms with Gasteiger partial charge in [-0.25, -0.2) is 0 Å². The molecule has 1 aliphatic heterocycles. The summed E-state index contributed by atoms with van der Waals surface area (Å²) in [5, 5.41) is 6.15. The van der Waals surface area contributed by atoms with Gasteiger partial charge in [0.25, 0.3) is 0 Å². The van der Waals surface area contributed by atoms with Gasteiger partial charge in [0.15, 0.2) is 5.82 Å². The molecule has 1 aliphatic rings. The van der Waals surface area contributed by atoms with Gasteiger partial charge in [-0.1, -0.05) is 5.16 Å². The van der Waals surface area contributed by atoms with Gasteiger partial charge in [-0.15, -0.1) is 0 Å². The lowest BCUT2D eigenvalue weighted by molar-refractivity contribution is -0.133. The Morgan fingerprint density at radius 1 is 1.67 bits per heavy atom. The average Bonchev–Trinajstić information content (AvgIpc) is 2.34. The number of rotatable bonds is 2. The van der Waals surface area contributed by atoms with E-state index in [1.807, 2.05) is 0 Å². The largest absolute Gasteiger partial charge is 0.380 e. The molecule has 0 aliphatic carbocycles. The van der Waals surface area contributed by atoms with Crippen molar-refractivity contribution < 1.29 is 14.1 Å². The summed E-state index contributed by atoms with van der Waals surface area (Å²) in [5.74, 6) is 0.365. The van der Waals surface area contributed by atoms with Crippen molar-refractivity contribution >= 4 is 11.7 Å². The van der Waals surface area contributed by atoms with Crippen molar-refractivity contribution in [2.24, 2.45) is 5.92 Å². The lowest BCUT2D eigenvalue weighted by atomic mass is 10.1. The first kappa shape index (κ1) is 7.30. The molecule has 1 saturated heterocycles. The van der Waals surface area contributed by atoms with Gasteiger partial charge in [0.2, 0.25) is 5.91 Å². The Morgan fingerprint density at radius 2 is 2.50 bits per heavy atom. The zero-order valence-electron chi connectivity index (χ0n) is 6.32. The molecule has 1 N–H and O–H groups in total. The van der Waals surface area contributed by atoms with Crippen molar-refractivity contribution in [2.75, 3.05) is 18.5 Å². The van der Waals surface area contributed by atoms with Gasteiger partial charge < -0.3 is 14.6 Å². The van der Waals surface area contributed by atoms with E-state index in [2.05, 4.69) is 15.0 Å². The summed E-state index contributed by atoms with van der Waals surface area (Å²) >= 11 is 0. The molecule has 2 rings (SSSR count). The predicted octanol–water partition coefficient (Wildman–Crippen LogP) is 0.259. The molecular formula is C7H8N2O3. The number of nitrogens with zero attached hydrogens (tertiary/aromatic N) is 1. The first-order valence-electron chi connectivity index (χ1n) is 3.65. The van der Waals surface area contributed by atoms with Crippen LogP contribution in [0.3, 0.4) is 0 Å². The molecular weight excluding hydrogens is 160 g/mol. The summed E-state index contributed by atoms with van der Waals surface area (Å²) in [6.45, 7) is 1.01. The van der Waals surface area contributed by atoms with E-state index in [1.165, 1.54) is 6.26 Å². The molecule has 64 valence electrons. The number of ether oxygens (including phenoxy) is 1. The second-order valence-electron chi connectivity index (χ2n) is 2.61. The Bertz CT molecular complexity index is 266. The number of anilines is 1. The van der Waals surface area contributed by atoms with E-state index < -0.39 is 0 Å². The van der Waals surface area contributed by atoms with Crippen LogP contribution in [0.4, 0.5) is 5.82 Å². The van der Waals surface area contributed by atoms with Crippen LogP contribution in [0.2, 0.25) is 0 Å². The van der Waals surface area contributed by atoms with Crippen LogP contribution in [-0.4, -0.2) is 24.3 Å². The predicted molar refractivity (Wildman–Crippen MR) is 39.4 cm³/mol. The highest BCUT2D eigenvalue weighted by Gasteiger charge is 2.26. The molecule has 0 spiro atoms. The third kappa shape index (κ3) is 1.31. The molecule has 1 amide bonds. The number of aromatic nitrogens is 1. The van der Waals surface area contributed by atoms with Crippen LogP contribution in [0.5, 0.6) is 0 Å². The Balaban J connectivity index is 1.90. The van der Waals surface area contributed by atoms with Crippen LogP contribution in [-0.2, 0) is 9.53 Å². The average molecular weight is 168 g/mol. The maximum atomic E-state index is 11.2. The van der Waals surface area contributed by atoms with Crippen molar-refractivity contribution in [3.63, 3.8) is 0 Å². The van der Waals surface area contributed by atoms with Crippen molar-refractivity contribution in [1.82, 2.24) is 5.16 Å². The van der Waals surface area contributed by atoms with Gasteiger partial charge in [-0.3, -0.25) is 4.79 Å². The van der Waals surface area contributed by atoms with Crippen LogP contribution in [0.15, 0.2) is 16.9 Å². The van der Waals surface area contributed by atoms with Gasteiger partial charge in [-0.05, 0) is 0 Å². The van der Waals surface area contributed by atoms with E-state index >= 15 is 0 Å². The Kier molecular flexibility index (Phi) is 1.79. The molecule has 1 aromatic rings. The van der Waals surface area contributed by atoms with Crippen LogP contribution in [0, 0.1) is 5.92 Å². The molecule has 12 heavy (non-hydrogen) atoms. The Hall–Kier alpha value is -1.36. The number of amides is 1. The number of carbonyl (C=O) groups excluding carboxylic acids is 1. The van der Waals surface area contributed by atoms with Gasteiger partial charge in [0.1, 0.15) is 6.26 Å². The second kappa shape index (κ2) is 2.94. The third-order valence-corrected chi connectivity index (χ3v) is 1.70. The van der Waals surface area contributed by atoms with E-state index in [1.54, 1.807) is 6.07 Å². The van der Waals surface area contributed by atoms with Crippen molar-refractivity contribution in [3.05, 3.63) is 12.3 Å². The maximum absolute atomic E-state index is 11.2. The zero-order chi connectivity index (χ0) is 8.39. The fourth-order valence-corrected chi connectivity index (χ4v) is 0.892. The number of carbonyl (C=O) groups is 1. The summed E-state index contributed by atoms with van der Waals surface area (Å²) in [7, 11) is 0. The van der Waals surface area contributed by atoms with Crippen molar-refractivity contribution in [2.45, 2.75) is 0 Å². The SMILES string of the molecule is O=C(Nc1ccon1)C1COC1. The lowest BCUT2D eigenvalue weighted by Crippen LogP contribution is -2.38. The minimum absolute atomic E-state index is 0.0262. The smallest absolute Gasteiger partial charge is 0.233 e. The van der Waals surface area contributed by atoms with Gasteiger partial charge >= 0.3 is 0 Å². The standard InChI is InChI=1S/C7H8N2O3/c10-7(5-3-11-4-5)8-6-1-2-12-9-6/h1-2,5H,3-4H2,(H,8,9,10). The van der Waals surface area contributed by atoms with Crippen molar-refractivity contribution in [1.29, 1.82) is 0 Å². The van der Waals surface area contributed by atoms with Gasteiger partial charge in [0.05, 0.1) is 19.1 Å². The molecule has 1 aromatic heterocycles. The molecule has 2 heterocycles. The van der Waals surface area contributed by atoms with Crippen molar-refractivity contribution in [3.8, 4) is 0 Å². The molecule has 5 nitrogen and oxygen atoms in total. The first-order valence-corrected chi connectivity index (χ1v) is 3.65. The normalized spacial score (nSPS) is 17.0. The monoisotopic (exact) mass is 168 g/mol. The van der Waals surface area contributed by atoms with E-state index in [-0.39, 0.29) is 11.8 Å². The zero-order valence-corrected chi connectivity index (χ0v) is 6.32. The van der Waals surface area contributed by atoms with Crippen LogP contribution < -0.4 is 5.32 Å². The third-order valence-electron chi connectivity index (χ3n) is 1.70. The van der Waals surface area contributed by atoms with E-state index in [4.69, 9.17) is 4.74 Å². The summed E-state index contributed by atoms with van der Waals surface area (Å²) in [4.78, 5) is 11.2. The summed E-state index contributed by atoms with van der Waals surface area (Å²) in [6, 6.07) is 1.59. The summed E-state index contributed by atoms with van der Waals surface area (Å²) in [5.41, 5.74) is 0. The van der Waals surface area contributed by atoms with E-state index in [0.29, 0.717) is 19.0 Å². The second-order valence-corrected chi connectivity index (χ2v) is 2.61. The Labute approximate surface area is 68.7 Å². The minimum atomic E-state index is -0.0600. The molecule has 0 aromatic carbocycles. The van der Waals surface area contributed by atoms with Crippen LogP contribution in [0.25, 0.3) is 0 Å². The Morgan fingerprint density at radius 3 is 3.00 bits per heavy atom. The molecule has 1 fully saturated rings. The van der Waals surface area contributed by atoms with E-state index in [0.717, 1.165) is 0 Å². The molecule has 0 bridgehead atoms. The minimum Gasteiger partial charge on any atom is -0.380 e. The molecule has 0 unspecified atom stereocenters. The number of hydrogen-bond acceptors (Lipinski definition) is 4. The molecule has 0 atom stereocenters. The molecule has 5 heteroatoms. The maximum Gasteiger partial charge on any atom is 0.233 e. The fraction of sp³-hybridized carbons (Fsp3) is 0.429. The first-order chi connectivity index (χ1) is 5.86. The highest BCUT2D eigenvalue weighted by molar-refractivity contribution is 5.92. The number of hydrogen-bond donors (Lipinski definition) is 1. The molecule has 0 radical (unpaired) electrons. The number of nitrogens with one attached hydrogen (secondary N) is 1. The fourth-order valence-electron chi connectivity index (χ4n) is 0.892. The van der Waals surface area contributed by atoms with Crippen LogP contribution in [0.1, 0.15) is 0 Å². The summed E-state index contributed by atoms with van der Waals surface area (Å²) in [6.07, 6.45) is 1.41. The topological polar surface area (TPSA) is 64.4 Å². The highest BCUT2D eigenvalue weighted by Crippen LogP contribution is 2.12. The van der Waals surface area contributed by atoms with Crippen LogP contribution >= 0.6 is 0 Å². The van der Waals surface area contributed by atoms with E-state index in [9.17, 15) is 4.79 Å². The quantitative estimate of drug-likeness (QED) is 0.687. The molecule has 0 saturated carbocycles. The van der Waals surface area contributed by atoms with Gasteiger partial charge in [-0.2, -0.15) is 0 Å². The highest BCUT2D eigenvalue weighted by atomic mass is 16.5. The lowest BCUT2D eigenvalue weighted by Gasteiger charge is -2.23. The summed E-state index contributed by atoms with van der Waals surface area (Å²) < 4.78 is 9.42.